The van der Waals surface area contributed by atoms with Crippen molar-refractivity contribution in [2.45, 2.75) is 6.18 Å². The van der Waals surface area contributed by atoms with Crippen LogP contribution in [0, 0.1) is 17.5 Å². The van der Waals surface area contributed by atoms with Gasteiger partial charge in [0.2, 0.25) is 0 Å². The van der Waals surface area contributed by atoms with Gasteiger partial charge in [-0.3, -0.25) is 0 Å². The lowest BCUT2D eigenvalue weighted by Gasteiger charge is -2.07. The minimum Gasteiger partial charge on any atom is -0.420 e. The lowest BCUT2D eigenvalue weighted by molar-refractivity contribution is -0.189. The summed E-state index contributed by atoms with van der Waals surface area (Å²) in [5, 5.41) is 0. The number of carbonyl (C=O) groups is 1. The van der Waals surface area contributed by atoms with Gasteiger partial charge in [-0.15, -0.1) is 0 Å². The van der Waals surface area contributed by atoms with E-state index in [9.17, 15) is 31.1 Å². The van der Waals surface area contributed by atoms with Gasteiger partial charge in [-0.05, 0) is 0 Å². The highest BCUT2D eigenvalue weighted by atomic mass is 19.4. The van der Waals surface area contributed by atoms with Crippen molar-refractivity contribution in [3.63, 3.8) is 0 Å². The van der Waals surface area contributed by atoms with E-state index in [1.54, 1.807) is 0 Å². The van der Waals surface area contributed by atoms with Crippen molar-refractivity contribution in [1.29, 1.82) is 0 Å². The van der Waals surface area contributed by atoms with Gasteiger partial charge < -0.3 is 4.74 Å². The van der Waals surface area contributed by atoms with Crippen molar-refractivity contribution in [3.8, 4) is 5.75 Å². The van der Waals surface area contributed by atoms with Crippen molar-refractivity contribution in [2.75, 3.05) is 0 Å². The van der Waals surface area contributed by atoms with Crippen LogP contribution in [0.3, 0.4) is 0 Å². The van der Waals surface area contributed by atoms with Gasteiger partial charge in [0.15, 0.2) is 17.5 Å². The van der Waals surface area contributed by atoms with Crippen molar-refractivity contribution in [1.82, 2.24) is 0 Å². The maximum atomic E-state index is 12.5. The molecule has 0 heterocycles. The highest BCUT2D eigenvalue weighted by molar-refractivity contribution is 5.78. The molecular formula is C8H2F6O2. The van der Waals surface area contributed by atoms with E-state index in [4.69, 9.17) is 0 Å². The number of alkyl halides is 3. The monoisotopic (exact) mass is 244 g/mol. The summed E-state index contributed by atoms with van der Waals surface area (Å²) >= 11 is 0. The number of hydrogen-bond acceptors (Lipinski definition) is 2. The topological polar surface area (TPSA) is 26.3 Å². The van der Waals surface area contributed by atoms with Gasteiger partial charge in [0.05, 0.1) is 0 Å². The molecule has 0 saturated carbocycles. The van der Waals surface area contributed by atoms with Crippen LogP contribution in [-0.2, 0) is 4.79 Å². The third-order valence-corrected chi connectivity index (χ3v) is 1.40. The smallest absolute Gasteiger partial charge is 0.420 e. The van der Waals surface area contributed by atoms with Crippen molar-refractivity contribution < 1.29 is 35.9 Å². The molecule has 0 atom stereocenters. The van der Waals surface area contributed by atoms with Crippen molar-refractivity contribution in [3.05, 3.63) is 29.6 Å². The molecule has 0 N–H and O–H groups in total. The predicted molar refractivity (Wildman–Crippen MR) is 38.0 cm³/mol. The fourth-order valence-electron chi connectivity index (χ4n) is 0.756. The Morgan fingerprint density at radius 1 is 1.06 bits per heavy atom. The van der Waals surface area contributed by atoms with Crippen LogP contribution < -0.4 is 4.74 Å². The Morgan fingerprint density at radius 2 is 1.50 bits per heavy atom. The van der Waals surface area contributed by atoms with E-state index in [2.05, 4.69) is 4.74 Å². The van der Waals surface area contributed by atoms with Crippen LogP contribution in [-0.4, -0.2) is 12.1 Å². The number of benzene rings is 1. The van der Waals surface area contributed by atoms with Crippen molar-refractivity contribution >= 4 is 5.97 Å². The summed E-state index contributed by atoms with van der Waals surface area (Å²) in [5.74, 6) is -9.11. The number of ether oxygens (including phenoxy) is 1. The van der Waals surface area contributed by atoms with Crippen LogP contribution in [0.15, 0.2) is 12.1 Å². The molecule has 0 spiro atoms. The Bertz CT molecular complexity index is 402. The van der Waals surface area contributed by atoms with Gasteiger partial charge in [-0.1, -0.05) is 0 Å². The first-order chi connectivity index (χ1) is 7.21. The van der Waals surface area contributed by atoms with E-state index < -0.39 is 35.3 Å². The van der Waals surface area contributed by atoms with Crippen molar-refractivity contribution in [2.24, 2.45) is 0 Å². The summed E-state index contributed by atoms with van der Waals surface area (Å²) < 4.78 is 76.0. The minimum absolute atomic E-state index is 0.127. The fourth-order valence-corrected chi connectivity index (χ4v) is 0.756. The van der Waals surface area contributed by atoms with E-state index in [-0.39, 0.29) is 12.1 Å². The second-order valence-corrected chi connectivity index (χ2v) is 2.59. The number of halogens is 6. The largest absolute Gasteiger partial charge is 0.491 e. The SMILES string of the molecule is O=C(Oc1cc(F)c(F)c(F)c1)C(F)(F)F. The van der Waals surface area contributed by atoms with Gasteiger partial charge in [0.1, 0.15) is 5.75 Å². The van der Waals surface area contributed by atoms with E-state index >= 15 is 0 Å². The number of esters is 1. The van der Waals surface area contributed by atoms with E-state index in [1.165, 1.54) is 0 Å². The summed E-state index contributed by atoms with van der Waals surface area (Å²) in [6.45, 7) is 0. The first-order valence-corrected chi connectivity index (χ1v) is 3.65. The molecule has 0 aliphatic carbocycles. The second-order valence-electron chi connectivity index (χ2n) is 2.59. The maximum absolute atomic E-state index is 12.5. The molecule has 0 bridgehead atoms. The minimum atomic E-state index is -5.30. The van der Waals surface area contributed by atoms with Crippen LogP contribution in [0.25, 0.3) is 0 Å². The van der Waals surface area contributed by atoms with E-state index in [1.807, 2.05) is 0 Å². The molecule has 16 heavy (non-hydrogen) atoms. The normalized spacial score (nSPS) is 11.4. The summed E-state index contributed by atoms with van der Waals surface area (Å²) in [7, 11) is 0. The number of carbonyl (C=O) groups excluding carboxylic acids is 1. The van der Waals surface area contributed by atoms with Crippen LogP contribution in [0.4, 0.5) is 26.3 Å². The quantitative estimate of drug-likeness (QED) is 0.328. The molecule has 1 rings (SSSR count). The molecule has 8 heteroatoms. The molecular weight excluding hydrogens is 242 g/mol. The maximum Gasteiger partial charge on any atom is 0.491 e. The first kappa shape index (κ1) is 12.3. The zero-order valence-electron chi connectivity index (χ0n) is 7.24. The fraction of sp³-hybridized carbons (Fsp3) is 0.125. The molecule has 0 amide bonds. The molecule has 0 aliphatic rings. The second kappa shape index (κ2) is 4.03. The zero-order chi connectivity index (χ0) is 12.5. The molecule has 0 saturated heterocycles. The molecule has 0 aromatic heterocycles. The number of rotatable bonds is 1. The molecule has 0 aliphatic heterocycles. The summed E-state index contributed by atoms with van der Waals surface area (Å²) in [5.41, 5.74) is 0. The van der Waals surface area contributed by atoms with Crippen LogP contribution in [0.2, 0.25) is 0 Å². The molecule has 88 valence electrons. The lowest BCUT2D eigenvalue weighted by Crippen LogP contribution is -2.28. The summed E-state index contributed by atoms with van der Waals surface area (Å²) in [6, 6.07) is 0.254. The third-order valence-electron chi connectivity index (χ3n) is 1.40. The molecule has 0 fully saturated rings. The third kappa shape index (κ3) is 2.65. The van der Waals surface area contributed by atoms with Crippen LogP contribution >= 0.6 is 0 Å². The van der Waals surface area contributed by atoms with Crippen LogP contribution in [0.1, 0.15) is 0 Å². The Morgan fingerprint density at radius 3 is 1.88 bits per heavy atom. The van der Waals surface area contributed by atoms with E-state index in [0.29, 0.717) is 0 Å². The average molecular weight is 244 g/mol. The Hall–Kier alpha value is -1.73. The molecule has 1 aromatic carbocycles. The standard InChI is InChI=1S/C8H2F6O2/c9-4-1-3(2-5(10)6(4)11)16-7(15)8(12,13)14/h1-2H. The molecule has 0 unspecified atom stereocenters. The van der Waals surface area contributed by atoms with Gasteiger partial charge in [-0.25, -0.2) is 18.0 Å². The van der Waals surface area contributed by atoms with E-state index in [0.717, 1.165) is 0 Å². The summed E-state index contributed by atoms with van der Waals surface area (Å²) in [4.78, 5) is 10.3. The van der Waals surface area contributed by atoms with Gasteiger partial charge in [-0.2, -0.15) is 13.2 Å². The molecule has 2 nitrogen and oxygen atoms in total. The molecule has 1 aromatic rings. The highest BCUT2D eigenvalue weighted by Gasteiger charge is 2.41. The summed E-state index contributed by atoms with van der Waals surface area (Å²) in [6.07, 6.45) is -5.30. The highest BCUT2D eigenvalue weighted by Crippen LogP contribution is 2.23. The van der Waals surface area contributed by atoms with Crippen LogP contribution in [0.5, 0.6) is 5.75 Å². The lowest BCUT2D eigenvalue weighted by atomic mass is 10.3. The van der Waals surface area contributed by atoms with Gasteiger partial charge in [0.25, 0.3) is 0 Å². The van der Waals surface area contributed by atoms with Gasteiger partial charge in [0, 0.05) is 12.1 Å². The predicted octanol–water partition coefficient (Wildman–Crippen LogP) is 2.57. The molecule has 0 radical (unpaired) electrons. The Labute approximate surface area is 84.4 Å². The zero-order valence-corrected chi connectivity index (χ0v) is 7.24. The Kier molecular flexibility index (Phi) is 3.11. The first-order valence-electron chi connectivity index (χ1n) is 3.65. The van der Waals surface area contributed by atoms with Gasteiger partial charge >= 0.3 is 12.1 Å². The number of hydrogen-bond donors (Lipinski definition) is 0. The average Bonchev–Trinajstić information content (AvgIpc) is 2.12. The Balaban J connectivity index is 2.96.